The standard InChI is InChI=1S/C5H5F3OS/c1-3(2-4(9)10)5(6,7)8/h1-2H2,(H,9,10). The Kier molecular flexibility index (Phi) is 2.96. The van der Waals surface area contributed by atoms with Crippen molar-refractivity contribution in [3.05, 3.63) is 12.2 Å². The van der Waals surface area contributed by atoms with Crippen LogP contribution in [-0.2, 0) is 4.79 Å². The molecule has 0 aliphatic heterocycles. The van der Waals surface area contributed by atoms with Gasteiger partial charge in [-0.2, -0.15) is 13.2 Å². The molecule has 0 bridgehead atoms. The molecule has 0 spiro atoms. The van der Waals surface area contributed by atoms with E-state index in [1.165, 1.54) is 0 Å². The molecule has 10 heavy (non-hydrogen) atoms. The van der Waals surface area contributed by atoms with Gasteiger partial charge in [0.1, 0.15) is 0 Å². The van der Waals surface area contributed by atoms with Gasteiger partial charge in [0.2, 0.25) is 0 Å². The number of carbonyl (C=O) groups is 1. The van der Waals surface area contributed by atoms with Gasteiger partial charge < -0.3 is 0 Å². The van der Waals surface area contributed by atoms with Gasteiger partial charge in [0.15, 0.2) is 5.12 Å². The third-order valence-electron chi connectivity index (χ3n) is 0.766. The Morgan fingerprint density at radius 3 is 2.00 bits per heavy atom. The summed E-state index contributed by atoms with van der Waals surface area (Å²) in [6, 6.07) is 0. The van der Waals surface area contributed by atoms with Crippen LogP contribution < -0.4 is 0 Å². The highest BCUT2D eigenvalue weighted by atomic mass is 32.1. The number of thiol groups is 1. The smallest absolute Gasteiger partial charge is 0.287 e. The van der Waals surface area contributed by atoms with Crippen molar-refractivity contribution in [3.8, 4) is 0 Å². The van der Waals surface area contributed by atoms with Crippen LogP contribution in [0.25, 0.3) is 0 Å². The number of hydrogen-bond acceptors (Lipinski definition) is 1. The molecule has 58 valence electrons. The molecule has 0 aromatic carbocycles. The molecule has 0 aliphatic rings. The Labute approximate surface area is 61.3 Å². The Bertz CT molecular complexity index is 161. The molecule has 0 heterocycles. The predicted octanol–water partition coefficient (Wildman–Crippen LogP) is 1.95. The molecule has 0 aliphatic carbocycles. The minimum absolute atomic E-state index is 0.743. The van der Waals surface area contributed by atoms with E-state index in [1.807, 2.05) is 0 Å². The monoisotopic (exact) mass is 170 g/mol. The van der Waals surface area contributed by atoms with Crippen molar-refractivity contribution in [1.29, 1.82) is 0 Å². The zero-order chi connectivity index (χ0) is 8.36. The first kappa shape index (κ1) is 9.55. The number of carbonyl (C=O) groups excluding carboxylic acids is 1. The van der Waals surface area contributed by atoms with Crippen molar-refractivity contribution in [2.24, 2.45) is 0 Å². The minimum Gasteiger partial charge on any atom is -0.287 e. The highest BCUT2D eigenvalue weighted by Crippen LogP contribution is 2.26. The average Bonchev–Trinajstić information content (AvgIpc) is 1.60. The summed E-state index contributed by atoms with van der Waals surface area (Å²) < 4.78 is 34.6. The number of allylic oxidation sites excluding steroid dienone is 1. The van der Waals surface area contributed by atoms with Crippen LogP contribution in [0.3, 0.4) is 0 Å². The first-order chi connectivity index (χ1) is 4.34. The molecule has 0 aromatic rings. The Hall–Kier alpha value is -0.450. The van der Waals surface area contributed by atoms with Gasteiger partial charge in [-0.1, -0.05) is 6.58 Å². The topological polar surface area (TPSA) is 17.1 Å². The van der Waals surface area contributed by atoms with E-state index in [4.69, 9.17) is 0 Å². The van der Waals surface area contributed by atoms with Crippen LogP contribution in [0.2, 0.25) is 0 Å². The molecule has 0 rings (SSSR count). The van der Waals surface area contributed by atoms with E-state index < -0.39 is 23.3 Å². The molecular weight excluding hydrogens is 165 g/mol. The summed E-state index contributed by atoms with van der Waals surface area (Å²) in [5.41, 5.74) is -1.06. The maximum absolute atomic E-state index is 11.5. The predicted molar refractivity (Wildman–Crippen MR) is 33.8 cm³/mol. The van der Waals surface area contributed by atoms with Crippen molar-refractivity contribution in [2.75, 3.05) is 0 Å². The van der Waals surface area contributed by atoms with Crippen LogP contribution in [0.5, 0.6) is 0 Å². The summed E-state index contributed by atoms with van der Waals surface area (Å²) in [5, 5.41) is -0.831. The van der Waals surface area contributed by atoms with Gasteiger partial charge >= 0.3 is 6.18 Å². The molecule has 0 saturated carbocycles. The molecule has 0 aromatic heterocycles. The largest absolute Gasteiger partial charge is 0.412 e. The van der Waals surface area contributed by atoms with Crippen LogP contribution in [0.15, 0.2) is 12.2 Å². The quantitative estimate of drug-likeness (QED) is 0.495. The number of alkyl halides is 3. The second-order valence-corrected chi connectivity index (χ2v) is 2.17. The second-order valence-electron chi connectivity index (χ2n) is 1.67. The van der Waals surface area contributed by atoms with E-state index >= 15 is 0 Å². The van der Waals surface area contributed by atoms with Crippen LogP contribution in [0.1, 0.15) is 6.42 Å². The fraction of sp³-hybridized carbons (Fsp3) is 0.400. The van der Waals surface area contributed by atoms with Crippen molar-refractivity contribution in [2.45, 2.75) is 12.6 Å². The molecule has 5 heteroatoms. The van der Waals surface area contributed by atoms with Crippen molar-refractivity contribution in [3.63, 3.8) is 0 Å². The lowest BCUT2D eigenvalue weighted by atomic mass is 10.2. The molecule has 0 amide bonds. The Balaban J connectivity index is 3.99. The first-order valence-electron chi connectivity index (χ1n) is 2.31. The zero-order valence-corrected chi connectivity index (χ0v) is 5.80. The molecule has 1 nitrogen and oxygen atoms in total. The maximum atomic E-state index is 11.5. The molecule has 0 unspecified atom stereocenters. The van der Waals surface area contributed by atoms with Gasteiger partial charge in [0.05, 0.1) is 0 Å². The maximum Gasteiger partial charge on any atom is 0.412 e. The summed E-state index contributed by atoms with van der Waals surface area (Å²) >= 11 is 3.17. The number of rotatable bonds is 2. The fourth-order valence-electron chi connectivity index (χ4n) is 0.283. The van der Waals surface area contributed by atoms with E-state index in [-0.39, 0.29) is 0 Å². The molecule has 0 atom stereocenters. The van der Waals surface area contributed by atoms with Gasteiger partial charge in [-0.15, -0.1) is 12.6 Å². The molecule has 0 radical (unpaired) electrons. The van der Waals surface area contributed by atoms with E-state index in [1.54, 1.807) is 0 Å². The summed E-state index contributed by atoms with van der Waals surface area (Å²) in [6.45, 7) is 2.67. The lowest BCUT2D eigenvalue weighted by molar-refractivity contribution is -0.115. The van der Waals surface area contributed by atoms with E-state index in [0.717, 1.165) is 0 Å². The minimum atomic E-state index is -4.47. The van der Waals surface area contributed by atoms with Crippen LogP contribution in [0, 0.1) is 0 Å². The van der Waals surface area contributed by atoms with Gasteiger partial charge in [-0.25, -0.2) is 0 Å². The molecule has 0 N–H and O–H groups in total. The normalized spacial score (nSPS) is 11.2. The average molecular weight is 170 g/mol. The number of halogens is 3. The van der Waals surface area contributed by atoms with Crippen LogP contribution in [0.4, 0.5) is 13.2 Å². The van der Waals surface area contributed by atoms with E-state index in [0.29, 0.717) is 0 Å². The molecular formula is C5H5F3OS. The fourth-order valence-corrected chi connectivity index (χ4v) is 0.474. The summed E-state index contributed by atoms with van der Waals surface area (Å²) in [6.07, 6.45) is -5.22. The van der Waals surface area contributed by atoms with Gasteiger partial charge in [0, 0.05) is 12.0 Å². The van der Waals surface area contributed by atoms with E-state index in [9.17, 15) is 18.0 Å². The van der Waals surface area contributed by atoms with Gasteiger partial charge in [-0.3, -0.25) is 4.79 Å². The van der Waals surface area contributed by atoms with E-state index in [2.05, 4.69) is 19.2 Å². The third-order valence-corrected chi connectivity index (χ3v) is 0.924. The summed E-state index contributed by atoms with van der Waals surface area (Å²) in [5.74, 6) is 0. The summed E-state index contributed by atoms with van der Waals surface area (Å²) in [7, 11) is 0. The lowest BCUT2D eigenvalue weighted by Gasteiger charge is -2.06. The second kappa shape index (κ2) is 3.09. The van der Waals surface area contributed by atoms with Crippen molar-refractivity contribution < 1.29 is 18.0 Å². The van der Waals surface area contributed by atoms with Crippen LogP contribution in [-0.4, -0.2) is 11.3 Å². The molecule has 0 saturated heterocycles. The Morgan fingerprint density at radius 2 is 1.90 bits per heavy atom. The lowest BCUT2D eigenvalue weighted by Crippen LogP contribution is -2.12. The van der Waals surface area contributed by atoms with Crippen molar-refractivity contribution >= 4 is 17.7 Å². The third kappa shape index (κ3) is 3.55. The SMILES string of the molecule is C=C(CC(=O)S)C(F)(F)F. The zero-order valence-electron chi connectivity index (χ0n) is 4.90. The van der Waals surface area contributed by atoms with Crippen molar-refractivity contribution in [1.82, 2.24) is 0 Å². The first-order valence-corrected chi connectivity index (χ1v) is 2.75. The van der Waals surface area contributed by atoms with Gasteiger partial charge in [0.25, 0.3) is 0 Å². The summed E-state index contributed by atoms with van der Waals surface area (Å²) in [4.78, 5) is 10.0. The van der Waals surface area contributed by atoms with Gasteiger partial charge in [-0.05, 0) is 0 Å². The molecule has 0 fully saturated rings. The van der Waals surface area contributed by atoms with Crippen LogP contribution >= 0.6 is 12.6 Å². The highest BCUT2D eigenvalue weighted by Gasteiger charge is 2.32. The highest BCUT2D eigenvalue weighted by molar-refractivity contribution is 7.96. The Morgan fingerprint density at radius 1 is 1.50 bits per heavy atom. The number of hydrogen-bond donors (Lipinski definition) is 1.